The maximum absolute atomic E-state index is 13.3. The molecule has 0 heterocycles. The molecule has 0 amide bonds. The van der Waals surface area contributed by atoms with Crippen molar-refractivity contribution in [1.82, 2.24) is 0 Å². The fourth-order valence-corrected chi connectivity index (χ4v) is 3.15. The monoisotopic (exact) mass is 373 g/mol. The summed E-state index contributed by atoms with van der Waals surface area (Å²) in [7, 11) is -1.99. The Morgan fingerprint density at radius 1 is 1.04 bits per heavy atom. The standard InChI is InChI=1S/C15H13F2NO6S/c1-23-10-6-12(15(19)20)14(13(7-10)24-2)18-25(21,22)11-4-8(16)3-9(17)5-11/h3-7,18H,1-2H3,(H,19,20). The van der Waals surface area contributed by atoms with Crippen molar-refractivity contribution in [2.45, 2.75) is 4.90 Å². The Balaban J connectivity index is 2.60. The van der Waals surface area contributed by atoms with E-state index in [1.807, 2.05) is 4.72 Å². The third-order valence-electron chi connectivity index (χ3n) is 3.14. The van der Waals surface area contributed by atoms with Crippen LogP contribution in [0.25, 0.3) is 0 Å². The van der Waals surface area contributed by atoms with E-state index >= 15 is 0 Å². The maximum Gasteiger partial charge on any atom is 0.338 e. The second kappa shape index (κ2) is 6.93. The number of nitrogens with one attached hydrogen (secondary N) is 1. The first-order valence-electron chi connectivity index (χ1n) is 6.66. The van der Waals surface area contributed by atoms with E-state index in [4.69, 9.17) is 9.47 Å². The summed E-state index contributed by atoms with van der Waals surface area (Å²) in [6.07, 6.45) is 0. The van der Waals surface area contributed by atoms with E-state index in [0.29, 0.717) is 18.2 Å². The fourth-order valence-electron chi connectivity index (χ4n) is 2.02. The van der Waals surface area contributed by atoms with E-state index in [1.54, 1.807) is 0 Å². The SMILES string of the molecule is COc1cc(OC)c(NS(=O)(=O)c2cc(F)cc(F)c2)c(C(=O)O)c1. The van der Waals surface area contributed by atoms with E-state index < -0.39 is 43.8 Å². The number of carboxylic acids is 1. The molecule has 0 saturated heterocycles. The molecular formula is C15H13F2NO6S. The number of ether oxygens (including phenoxy) is 2. The Kier molecular flexibility index (Phi) is 5.12. The first-order valence-corrected chi connectivity index (χ1v) is 8.14. The number of halogens is 2. The molecule has 134 valence electrons. The molecule has 0 aliphatic carbocycles. The highest BCUT2D eigenvalue weighted by atomic mass is 32.2. The molecule has 7 nitrogen and oxygen atoms in total. The zero-order chi connectivity index (χ0) is 18.8. The summed E-state index contributed by atoms with van der Waals surface area (Å²) < 4.78 is 63.2. The lowest BCUT2D eigenvalue weighted by atomic mass is 10.1. The first kappa shape index (κ1) is 18.5. The van der Waals surface area contributed by atoms with Gasteiger partial charge >= 0.3 is 5.97 Å². The Morgan fingerprint density at radius 2 is 1.64 bits per heavy atom. The number of methoxy groups -OCH3 is 2. The summed E-state index contributed by atoms with van der Waals surface area (Å²) in [5, 5.41) is 9.30. The minimum atomic E-state index is -4.48. The number of benzene rings is 2. The second-order valence-corrected chi connectivity index (χ2v) is 6.45. The van der Waals surface area contributed by atoms with Crippen LogP contribution in [0.15, 0.2) is 35.2 Å². The maximum atomic E-state index is 13.3. The lowest BCUT2D eigenvalue weighted by Gasteiger charge is -2.16. The Labute approximate surface area is 141 Å². The van der Waals surface area contributed by atoms with Crippen molar-refractivity contribution < 1.29 is 36.6 Å². The Morgan fingerprint density at radius 3 is 2.12 bits per heavy atom. The zero-order valence-electron chi connectivity index (χ0n) is 13.0. The van der Waals surface area contributed by atoms with Crippen molar-refractivity contribution in [3.05, 3.63) is 47.5 Å². The normalized spacial score (nSPS) is 11.0. The van der Waals surface area contributed by atoms with Gasteiger partial charge in [0.25, 0.3) is 10.0 Å². The topological polar surface area (TPSA) is 102 Å². The van der Waals surface area contributed by atoms with Crippen LogP contribution in [0.3, 0.4) is 0 Å². The van der Waals surface area contributed by atoms with Gasteiger partial charge in [0, 0.05) is 12.1 Å². The van der Waals surface area contributed by atoms with Crippen LogP contribution >= 0.6 is 0 Å². The zero-order valence-corrected chi connectivity index (χ0v) is 13.9. The average Bonchev–Trinajstić information content (AvgIpc) is 2.53. The molecule has 0 radical (unpaired) electrons. The molecule has 0 aliphatic rings. The molecule has 25 heavy (non-hydrogen) atoms. The number of sulfonamides is 1. The third kappa shape index (κ3) is 3.97. The number of aromatic carboxylic acids is 1. The summed E-state index contributed by atoms with van der Waals surface area (Å²) in [5.74, 6) is -3.67. The highest BCUT2D eigenvalue weighted by Gasteiger charge is 2.24. The largest absolute Gasteiger partial charge is 0.497 e. The molecule has 2 rings (SSSR count). The van der Waals surface area contributed by atoms with Gasteiger partial charge in [0.2, 0.25) is 0 Å². The van der Waals surface area contributed by atoms with Crippen LogP contribution in [0.1, 0.15) is 10.4 Å². The van der Waals surface area contributed by atoms with Gasteiger partial charge in [0.1, 0.15) is 28.8 Å². The van der Waals surface area contributed by atoms with Crippen LogP contribution < -0.4 is 14.2 Å². The van der Waals surface area contributed by atoms with E-state index in [1.165, 1.54) is 20.3 Å². The second-order valence-electron chi connectivity index (χ2n) is 4.77. The molecule has 0 fully saturated rings. The van der Waals surface area contributed by atoms with E-state index in [2.05, 4.69) is 0 Å². The predicted molar refractivity (Wildman–Crippen MR) is 83.7 cm³/mol. The fraction of sp³-hybridized carbons (Fsp3) is 0.133. The van der Waals surface area contributed by atoms with Gasteiger partial charge in [-0.2, -0.15) is 0 Å². The van der Waals surface area contributed by atoms with Crippen LogP contribution in [0.2, 0.25) is 0 Å². The number of anilines is 1. The molecule has 0 aliphatic heterocycles. The number of carboxylic acid groups (broad SMARTS) is 1. The molecule has 0 aromatic heterocycles. The average molecular weight is 373 g/mol. The summed E-state index contributed by atoms with van der Waals surface area (Å²) in [5.41, 5.74) is -0.864. The van der Waals surface area contributed by atoms with Crippen LogP contribution in [0, 0.1) is 11.6 Å². The van der Waals surface area contributed by atoms with E-state index in [0.717, 1.165) is 6.07 Å². The summed E-state index contributed by atoms with van der Waals surface area (Å²) in [6, 6.07) is 4.05. The lowest BCUT2D eigenvalue weighted by molar-refractivity contribution is 0.0697. The van der Waals surface area contributed by atoms with Crippen molar-refractivity contribution >= 4 is 21.7 Å². The van der Waals surface area contributed by atoms with Crippen molar-refractivity contribution in [2.75, 3.05) is 18.9 Å². The Bertz CT molecular complexity index is 910. The van der Waals surface area contributed by atoms with Crippen LogP contribution in [0.5, 0.6) is 11.5 Å². The highest BCUT2D eigenvalue weighted by molar-refractivity contribution is 7.92. The van der Waals surface area contributed by atoms with Crippen molar-refractivity contribution in [3.63, 3.8) is 0 Å². The molecule has 0 saturated carbocycles. The summed E-state index contributed by atoms with van der Waals surface area (Å²) in [4.78, 5) is 10.7. The van der Waals surface area contributed by atoms with Gasteiger partial charge in [0.05, 0.1) is 24.7 Å². The Hall–Kier alpha value is -2.88. The van der Waals surface area contributed by atoms with Crippen molar-refractivity contribution in [3.8, 4) is 11.5 Å². The van der Waals surface area contributed by atoms with Crippen LogP contribution in [0.4, 0.5) is 14.5 Å². The van der Waals surface area contributed by atoms with Crippen molar-refractivity contribution in [2.24, 2.45) is 0 Å². The predicted octanol–water partition coefficient (Wildman–Crippen LogP) is 2.48. The summed E-state index contributed by atoms with van der Waals surface area (Å²) in [6.45, 7) is 0. The highest BCUT2D eigenvalue weighted by Crippen LogP contribution is 2.35. The molecule has 0 spiro atoms. The molecule has 0 bridgehead atoms. The van der Waals surface area contributed by atoms with Gasteiger partial charge in [-0.15, -0.1) is 0 Å². The van der Waals surface area contributed by atoms with Gasteiger partial charge in [-0.25, -0.2) is 22.0 Å². The molecule has 0 unspecified atom stereocenters. The first-order chi connectivity index (χ1) is 11.7. The molecular weight excluding hydrogens is 360 g/mol. The smallest absolute Gasteiger partial charge is 0.338 e. The number of hydrogen-bond donors (Lipinski definition) is 2. The summed E-state index contributed by atoms with van der Waals surface area (Å²) >= 11 is 0. The number of hydrogen-bond acceptors (Lipinski definition) is 5. The van der Waals surface area contributed by atoms with Crippen molar-refractivity contribution in [1.29, 1.82) is 0 Å². The van der Waals surface area contributed by atoms with E-state index in [-0.39, 0.29) is 11.5 Å². The van der Waals surface area contributed by atoms with Gasteiger partial charge in [-0.05, 0) is 18.2 Å². The minimum absolute atomic E-state index is 0.119. The molecule has 10 heteroatoms. The lowest BCUT2D eigenvalue weighted by Crippen LogP contribution is -2.17. The van der Waals surface area contributed by atoms with Gasteiger partial charge in [0.15, 0.2) is 0 Å². The van der Waals surface area contributed by atoms with Gasteiger partial charge in [-0.1, -0.05) is 0 Å². The third-order valence-corrected chi connectivity index (χ3v) is 4.47. The molecule has 2 aromatic rings. The molecule has 0 atom stereocenters. The van der Waals surface area contributed by atoms with Crippen LogP contribution in [-0.2, 0) is 10.0 Å². The minimum Gasteiger partial charge on any atom is -0.497 e. The van der Waals surface area contributed by atoms with Gasteiger partial charge < -0.3 is 14.6 Å². The van der Waals surface area contributed by atoms with Crippen LogP contribution in [-0.4, -0.2) is 33.7 Å². The quantitative estimate of drug-likeness (QED) is 0.807. The molecule has 2 aromatic carbocycles. The number of rotatable bonds is 6. The number of carbonyl (C=O) groups is 1. The molecule has 2 N–H and O–H groups in total. The van der Waals surface area contributed by atoms with E-state index in [9.17, 15) is 27.1 Å². The van der Waals surface area contributed by atoms with Gasteiger partial charge in [-0.3, -0.25) is 4.72 Å².